The number of aliphatic imine (C=N–C) groups is 1. The van der Waals surface area contributed by atoms with Crippen molar-refractivity contribution in [2.45, 2.75) is 0 Å². The van der Waals surface area contributed by atoms with Gasteiger partial charge in [-0.05, 0) is 48.5 Å². The van der Waals surface area contributed by atoms with Crippen LogP contribution < -0.4 is 0 Å². The van der Waals surface area contributed by atoms with Gasteiger partial charge in [-0.1, -0.05) is 15.9 Å². The Morgan fingerprint density at radius 2 is 1.88 bits per heavy atom. The zero-order valence-corrected chi connectivity index (χ0v) is 14.7. The zero-order chi connectivity index (χ0) is 17.8. The van der Waals surface area contributed by atoms with E-state index in [1.807, 2.05) is 24.3 Å². The number of aromatic nitrogens is 1. The summed E-state index contributed by atoms with van der Waals surface area (Å²) in [5.41, 5.74) is 1.99. The molecule has 0 spiro atoms. The van der Waals surface area contributed by atoms with Crippen LogP contribution in [-0.4, -0.2) is 29.4 Å². The Labute approximate surface area is 151 Å². The summed E-state index contributed by atoms with van der Waals surface area (Å²) < 4.78 is 10.8. The van der Waals surface area contributed by atoms with E-state index < -0.39 is 5.97 Å². The lowest BCUT2D eigenvalue weighted by Crippen LogP contribution is -1.99. The average Bonchev–Trinajstić information content (AvgIpc) is 3.01. The Hall–Kier alpha value is -2.93. The van der Waals surface area contributed by atoms with Crippen molar-refractivity contribution in [1.82, 2.24) is 4.98 Å². The van der Waals surface area contributed by atoms with Gasteiger partial charge in [0.25, 0.3) is 0 Å². The molecule has 126 valence electrons. The van der Waals surface area contributed by atoms with Gasteiger partial charge in [0.15, 0.2) is 5.69 Å². The van der Waals surface area contributed by atoms with Gasteiger partial charge in [0.05, 0.1) is 24.6 Å². The Kier molecular flexibility index (Phi) is 4.95. The van der Waals surface area contributed by atoms with Gasteiger partial charge >= 0.3 is 11.9 Å². The standard InChI is InChI=1S/C18H13BrN2O4/c1-24-17(22)12-4-8-14(9-5-12)20-10-15-18(23)25-16(21-15)11-2-6-13(19)7-3-11/h2-10,23H,1H3. The molecule has 6 nitrogen and oxygen atoms in total. The lowest BCUT2D eigenvalue weighted by atomic mass is 10.2. The Balaban J connectivity index is 1.79. The van der Waals surface area contributed by atoms with E-state index in [0.717, 1.165) is 10.0 Å². The number of carbonyl (C=O) groups excluding carboxylic acids is 1. The first-order valence-corrected chi connectivity index (χ1v) is 8.04. The third-order valence-corrected chi connectivity index (χ3v) is 3.88. The molecule has 0 bridgehead atoms. The van der Waals surface area contributed by atoms with Gasteiger partial charge in [0.2, 0.25) is 5.89 Å². The first-order chi connectivity index (χ1) is 12.1. The van der Waals surface area contributed by atoms with Crippen molar-refractivity contribution >= 4 is 33.8 Å². The van der Waals surface area contributed by atoms with Crippen LogP contribution in [0.3, 0.4) is 0 Å². The molecule has 0 aliphatic carbocycles. The largest absolute Gasteiger partial charge is 0.479 e. The van der Waals surface area contributed by atoms with E-state index in [0.29, 0.717) is 17.1 Å². The van der Waals surface area contributed by atoms with E-state index in [1.165, 1.54) is 13.3 Å². The van der Waals surface area contributed by atoms with E-state index in [-0.39, 0.29) is 11.6 Å². The summed E-state index contributed by atoms with van der Waals surface area (Å²) in [6.07, 6.45) is 1.40. The molecule has 0 unspecified atom stereocenters. The van der Waals surface area contributed by atoms with E-state index in [1.54, 1.807) is 24.3 Å². The number of hydrogen-bond acceptors (Lipinski definition) is 6. The van der Waals surface area contributed by atoms with Crippen molar-refractivity contribution in [3.63, 3.8) is 0 Å². The molecule has 7 heteroatoms. The summed E-state index contributed by atoms with van der Waals surface area (Å²) >= 11 is 3.36. The van der Waals surface area contributed by atoms with Crippen molar-refractivity contribution in [1.29, 1.82) is 0 Å². The fourth-order valence-corrected chi connectivity index (χ4v) is 2.33. The maximum Gasteiger partial charge on any atom is 0.337 e. The summed E-state index contributed by atoms with van der Waals surface area (Å²) in [7, 11) is 1.32. The molecule has 3 aromatic rings. The van der Waals surface area contributed by atoms with Gasteiger partial charge in [0.1, 0.15) is 0 Å². The molecule has 1 heterocycles. The van der Waals surface area contributed by atoms with Crippen LogP contribution in [0.1, 0.15) is 16.1 Å². The number of oxazole rings is 1. The van der Waals surface area contributed by atoms with Crippen LogP contribution in [-0.2, 0) is 4.74 Å². The van der Waals surface area contributed by atoms with Crippen molar-refractivity contribution in [3.8, 4) is 17.4 Å². The molecular weight excluding hydrogens is 388 g/mol. The smallest absolute Gasteiger partial charge is 0.337 e. The number of nitrogens with zero attached hydrogens (tertiary/aromatic N) is 2. The number of esters is 1. The number of rotatable bonds is 4. The molecule has 3 rings (SSSR count). The summed E-state index contributed by atoms with van der Waals surface area (Å²) in [6, 6.07) is 13.9. The van der Waals surface area contributed by atoms with Crippen molar-refractivity contribution in [3.05, 3.63) is 64.3 Å². The Morgan fingerprint density at radius 3 is 2.52 bits per heavy atom. The number of methoxy groups -OCH3 is 1. The van der Waals surface area contributed by atoms with Crippen LogP contribution in [0.15, 0.2) is 62.4 Å². The lowest BCUT2D eigenvalue weighted by molar-refractivity contribution is 0.0601. The molecule has 0 aliphatic heterocycles. The normalized spacial score (nSPS) is 11.0. The number of halogens is 1. The van der Waals surface area contributed by atoms with Crippen molar-refractivity contribution in [2.75, 3.05) is 7.11 Å². The first kappa shape index (κ1) is 16.9. The minimum atomic E-state index is -0.413. The monoisotopic (exact) mass is 400 g/mol. The van der Waals surface area contributed by atoms with Crippen molar-refractivity contribution in [2.24, 2.45) is 4.99 Å². The second kappa shape index (κ2) is 7.31. The summed E-state index contributed by atoms with van der Waals surface area (Å²) in [5.74, 6) is -0.427. The quantitative estimate of drug-likeness (QED) is 0.519. The van der Waals surface area contributed by atoms with Gasteiger partial charge in [0, 0.05) is 10.0 Å². The predicted molar refractivity (Wildman–Crippen MR) is 96.3 cm³/mol. The molecule has 0 saturated carbocycles. The van der Waals surface area contributed by atoms with Gasteiger partial charge in [-0.2, -0.15) is 0 Å². The van der Waals surface area contributed by atoms with Crippen LogP contribution in [0, 0.1) is 0 Å². The minimum Gasteiger partial charge on any atom is -0.479 e. The molecule has 0 amide bonds. The molecule has 2 aromatic carbocycles. The minimum absolute atomic E-state index is 0.218. The van der Waals surface area contributed by atoms with E-state index in [2.05, 4.69) is 30.6 Å². The lowest BCUT2D eigenvalue weighted by Gasteiger charge is -1.98. The van der Waals surface area contributed by atoms with Crippen LogP contribution in [0.4, 0.5) is 5.69 Å². The Bertz CT molecular complexity index is 915. The Morgan fingerprint density at radius 1 is 1.20 bits per heavy atom. The highest BCUT2D eigenvalue weighted by Gasteiger charge is 2.12. The summed E-state index contributed by atoms with van der Waals surface area (Å²) in [6.45, 7) is 0. The zero-order valence-electron chi connectivity index (χ0n) is 13.1. The fraction of sp³-hybridized carbons (Fsp3) is 0.0556. The van der Waals surface area contributed by atoms with Crippen LogP contribution in [0.25, 0.3) is 11.5 Å². The topological polar surface area (TPSA) is 84.9 Å². The molecule has 1 aromatic heterocycles. The molecule has 0 aliphatic rings. The third kappa shape index (κ3) is 3.95. The van der Waals surface area contributed by atoms with Gasteiger partial charge in [-0.3, -0.25) is 4.99 Å². The highest BCUT2D eigenvalue weighted by Crippen LogP contribution is 2.27. The van der Waals surface area contributed by atoms with Crippen LogP contribution in [0.2, 0.25) is 0 Å². The molecule has 0 atom stereocenters. The van der Waals surface area contributed by atoms with E-state index >= 15 is 0 Å². The summed E-state index contributed by atoms with van der Waals surface area (Å²) in [4.78, 5) is 19.8. The van der Waals surface area contributed by atoms with E-state index in [9.17, 15) is 9.90 Å². The average molecular weight is 401 g/mol. The molecule has 1 N–H and O–H groups in total. The summed E-state index contributed by atoms with van der Waals surface area (Å²) in [5, 5.41) is 9.88. The van der Waals surface area contributed by atoms with Crippen LogP contribution in [0.5, 0.6) is 5.95 Å². The maximum absolute atomic E-state index is 11.4. The first-order valence-electron chi connectivity index (χ1n) is 7.25. The van der Waals surface area contributed by atoms with Crippen molar-refractivity contribution < 1.29 is 19.1 Å². The molecule has 0 fully saturated rings. The predicted octanol–water partition coefficient (Wildman–Crippen LogP) is 4.35. The van der Waals surface area contributed by atoms with Crippen LogP contribution >= 0.6 is 15.9 Å². The fourth-order valence-electron chi connectivity index (χ4n) is 2.06. The molecule has 0 radical (unpaired) electrons. The third-order valence-electron chi connectivity index (χ3n) is 3.35. The molecule has 0 saturated heterocycles. The second-order valence-corrected chi connectivity index (χ2v) is 5.93. The number of carbonyl (C=O) groups is 1. The number of ether oxygens (including phenoxy) is 1. The molecule has 25 heavy (non-hydrogen) atoms. The van der Waals surface area contributed by atoms with E-state index in [4.69, 9.17) is 4.42 Å². The molecular formula is C18H13BrN2O4. The van der Waals surface area contributed by atoms with Gasteiger partial charge in [-0.15, -0.1) is 0 Å². The SMILES string of the molecule is COC(=O)c1ccc(N=Cc2nc(-c3ccc(Br)cc3)oc2O)cc1. The number of benzene rings is 2. The number of hydrogen-bond donors (Lipinski definition) is 1. The highest BCUT2D eigenvalue weighted by molar-refractivity contribution is 9.10. The van der Waals surface area contributed by atoms with Gasteiger partial charge < -0.3 is 14.3 Å². The van der Waals surface area contributed by atoms with Gasteiger partial charge in [-0.25, -0.2) is 9.78 Å². The number of aromatic hydroxyl groups is 1. The highest BCUT2D eigenvalue weighted by atomic mass is 79.9. The maximum atomic E-state index is 11.4. The second-order valence-electron chi connectivity index (χ2n) is 5.01.